The minimum absolute atomic E-state index is 0.0303. The van der Waals surface area contributed by atoms with Crippen molar-refractivity contribution >= 4 is 11.8 Å². The van der Waals surface area contributed by atoms with E-state index in [2.05, 4.69) is 0 Å². The highest BCUT2D eigenvalue weighted by atomic mass is 16.1. The van der Waals surface area contributed by atoms with Crippen molar-refractivity contribution in [3.05, 3.63) is 39.4 Å². The molecule has 1 aromatic heterocycles. The Morgan fingerprint density at radius 1 is 1.33 bits per heavy atom. The molecule has 0 aliphatic heterocycles. The molecule has 1 heterocycles. The van der Waals surface area contributed by atoms with E-state index in [0.29, 0.717) is 17.1 Å². The predicted molar refractivity (Wildman–Crippen MR) is 85.6 cm³/mol. The second-order valence-corrected chi connectivity index (χ2v) is 6.22. The van der Waals surface area contributed by atoms with Crippen LogP contribution in [-0.4, -0.2) is 10.8 Å². The molecule has 21 heavy (non-hydrogen) atoms. The fourth-order valence-corrected chi connectivity index (χ4v) is 3.43. The fourth-order valence-electron chi connectivity index (χ4n) is 3.43. The van der Waals surface area contributed by atoms with Gasteiger partial charge in [-0.3, -0.25) is 4.79 Å². The van der Waals surface area contributed by atoms with Gasteiger partial charge in [0.2, 0.25) is 0 Å². The van der Waals surface area contributed by atoms with Gasteiger partial charge in [-0.15, -0.1) is 0 Å². The first-order valence-electron chi connectivity index (χ1n) is 7.93. The Morgan fingerprint density at radius 2 is 2.10 bits per heavy atom. The highest BCUT2D eigenvalue weighted by Gasteiger charge is 2.23. The van der Waals surface area contributed by atoms with Crippen molar-refractivity contribution in [2.75, 3.05) is 0 Å². The van der Waals surface area contributed by atoms with Crippen LogP contribution in [0.25, 0.3) is 5.57 Å². The fraction of sp³-hybridized carbons (Fsp3) is 0.529. The number of nitrogens with two attached hydrogens (primary N) is 1. The second kappa shape index (κ2) is 5.88. The maximum absolute atomic E-state index is 12.8. The van der Waals surface area contributed by atoms with E-state index >= 15 is 0 Å². The maximum atomic E-state index is 12.8. The first kappa shape index (κ1) is 14.1. The summed E-state index contributed by atoms with van der Waals surface area (Å²) in [6, 6.07) is 1.97. The van der Waals surface area contributed by atoms with Crippen LogP contribution >= 0.6 is 0 Å². The number of fused-ring (bicyclic) bond motifs is 1. The minimum atomic E-state index is 0.0303. The summed E-state index contributed by atoms with van der Waals surface area (Å²) < 4.78 is 1.99. The molecule has 1 saturated carbocycles. The lowest BCUT2D eigenvalue weighted by Gasteiger charge is -2.29. The summed E-state index contributed by atoms with van der Waals surface area (Å²) in [6.07, 6.45) is 10.7. The molecule has 4 nitrogen and oxygen atoms in total. The molecule has 112 valence electrons. The normalized spacial score (nSPS) is 19.0. The number of hydrogen-bond acceptors (Lipinski definition) is 3. The van der Waals surface area contributed by atoms with Gasteiger partial charge in [0, 0.05) is 30.2 Å². The summed E-state index contributed by atoms with van der Waals surface area (Å²) in [5.74, 6) is 0.647. The maximum Gasteiger partial charge on any atom is 0.258 e. The summed E-state index contributed by atoms with van der Waals surface area (Å²) in [6.45, 7) is 0.838. The van der Waals surface area contributed by atoms with E-state index in [1.807, 2.05) is 10.6 Å². The van der Waals surface area contributed by atoms with Crippen LogP contribution < -0.4 is 11.3 Å². The molecule has 0 aromatic carbocycles. The van der Waals surface area contributed by atoms with E-state index in [9.17, 15) is 4.79 Å². The Kier molecular flexibility index (Phi) is 3.95. The molecule has 0 saturated heterocycles. The van der Waals surface area contributed by atoms with Gasteiger partial charge in [0.1, 0.15) is 0 Å². The van der Waals surface area contributed by atoms with E-state index in [-0.39, 0.29) is 5.56 Å². The molecule has 2 aliphatic carbocycles. The molecule has 0 unspecified atom stereocenters. The molecule has 0 radical (unpaired) electrons. The lowest BCUT2D eigenvalue weighted by Crippen LogP contribution is -2.33. The van der Waals surface area contributed by atoms with Gasteiger partial charge >= 0.3 is 0 Å². The third-order valence-electron chi connectivity index (χ3n) is 4.91. The highest BCUT2D eigenvalue weighted by Crippen LogP contribution is 2.30. The number of allylic oxidation sites excluding steroid dienone is 1. The van der Waals surface area contributed by atoms with Crippen LogP contribution in [0, 0.1) is 11.3 Å². The van der Waals surface area contributed by atoms with Crippen molar-refractivity contribution in [2.24, 2.45) is 11.7 Å². The largest absolute Gasteiger partial charge is 0.404 e. The first-order valence-corrected chi connectivity index (χ1v) is 7.93. The van der Waals surface area contributed by atoms with E-state index in [1.165, 1.54) is 55.8 Å². The zero-order valence-electron chi connectivity index (χ0n) is 12.4. The monoisotopic (exact) mass is 285 g/mol. The van der Waals surface area contributed by atoms with E-state index in [4.69, 9.17) is 11.1 Å². The van der Waals surface area contributed by atoms with Gasteiger partial charge in [0.05, 0.1) is 5.56 Å². The number of aromatic nitrogens is 1. The number of rotatable bonds is 4. The topological polar surface area (TPSA) is 71.9 Å². The van der Waals surface area contributed by atoms with E-state index in [0.717, 1.165) is 19.4 Å². The zero-order valence-corrected chi connectivity index (χ0v) is 12.4. The molecular weight excluding hydrogens is 262 g/mol. The van der Waals surface area contributed by atoms with Crippen molar-refractivity contribution in [2.45, 2.75) is 51.5 Å². The number of aryl methyl sites for hydroxylation is 1. The zero-order chi connectivity index (χ0) is 14.8. The summed E-state index contributed by atoms with van der Waals surface area (Å²) in [5, 5.41) is 7.47. The number of hydrogen-bond donors (Lipinski definition) is 2. The van der Waals surface area contributed by atoms with Gasteiger partial charge in [-0.25, -0.2) is 0 Å². The Morgan fingerprint density at radius 3 is 2.71 bits per heavy atom. The summed E-state index contributed by atoms with van der Waals surface area (Å²) >= 11 is 0. The second-order valence-electron chi connectivity index (χ2n) is 6.22. The third kappa shape index (κ3) is 2.55. The Bertz CT molecular complexity index is 638. The van der Waals surface area contributed by atoms with Crippen LogP contribution in [0.1, 0.15) is 48.9 Å². The lowest BCUT2D eigenvalue weighted by molar-refractivity contribution is 0.269. The molecule has 1 fully saturated rings. The highest BCUT2D eigenvalue weighted by molar-refractivity contribution is 6.07. The van der Waals surface area contributed by atoms with E-state index < -0.39 is 0 Å². The predicted octanol–water partition coefficient (Wildman–Crippen LogP) is 2.48. The molecule has 0 bridgehead atoms. The molecule has 0 atom stereocenters. The molecular formula is C17H23N3O. The quantitative estimate of drug-likeness (QED) is 0.834. The Labute approximate surface area is 125 Å². The van der Waals surface area contributed by atoms with Gasteiger partial charge in [0.15, 0.2) is 0 Å². The molecule has 4 heteroatoms. The Hall–Kier alpha value is -1.84. The van der Waals surface area contributed by atoms with Crippen molar-refractivity contribution < 1.29 is 0 Å². The van der Waals surface area contributed by atoms with Crippen molar-refractivity contribution in [3.63, 3.8) is 0 Å². The SMILES string of the molecule is N=C/C(=C\N)c1cc2c(n(CC3CCC3)c1=O)CCCC2. The first-order chi connectivity index (χ1) is 10.2. The number of pyridine rings is 1. The van der Waals surface area contributed by atoms with Gasteiger partial charge in [0.25, 0.3) is 5.56 Å². The molecule has 3 N–H and O–H groups in total. The van der Waals surface area contributed by atoms with Gasteiger partial charge in [-0.05, 0) is 56.1 Å². The van der Waals surface area contributed by atoms with Crippen molar-refractivity contribution in [1.82, 2.24) is 4.57 Å². The third-order valence-corrected chi connectivity index (χ3v) is 4.91. The van der Waals surface area contributed by atoms with Crippen molar-refractivity contribution in [1.29, 1.82) is 5.41 Å². The molecule has 0 spiro atoms. The average Bonchev–Trinajstić information content (AvgIpc) is 2.46. The van der Waals surface area contributed by atoms with Crippen LogP contribution in [-0.2, 0) is 19.4 Å². The van der Waals surface area contributed by atoms with E-state index in [1.54, 1.807) is 0 Å². The standard InChI is InChI=1S/C17H23N3O/c18-9-14(10-19)15-8-13-6-1-2-7-16(13)20(17(15)21)11-12-4-3-5-12/h8-10,12,18H,1-7,11,19H2/b14-10+,18-9?. The number of nitrogens with one attached hydrogen (secondary N) is 1. The van der Waals surface area contributed by atoms with Crippen LogP contribution in [0.15, 0.2) is 17.1 Å². The summed E-state index contributed by atoms with van der Waals surface area (Å²) in [4.78, 5) is 12.8. The minimum Gasteiger partial charge on any atom is -0.404 e. The van der Waals surface area contributed by atoms with Gasteiger partial charge in [-0.2, -0.15) is 0 Å². The van der Waals surface area contributed by atoms with Crippen molar-refractivity contribution in [3.8, 4) is 0 Å². The summed E-state index contributed by atoms with van der Waals surface area (Å²) in [7, 11) is 0. The van der Waals surface area contributed by atoms with Gasteiger partial charge in [-0.1, -0.05) is 6.42 Å². The number of nitrogens with zero attached hydrogens (tertiary/aromatic N) is 1. The summed E-state index contributed by atoms with van der Waals surface area (Å²) in [5.41, 5.74) is 9.23. The van der Waals surface area contributed by atoms with Crippen LogP contribution in [0.4, 0.5) is 0 Å². The molecule has 2 aliphatic rings. The molecule has 3 rings (SSSR count). The Balaban J connectivity index is 2.12. The van der Waals surface area contributed by atoms with Crippen LogP contribution in [0.3, 0.4) is 0 Å². The smallest absolute Gasteiger partial charge is 0.258 e. The van der Waals surface area contributed by atoms with Crippen LogP contribution in [0.2, 0.25) is 0 Å². The molecule has 0 amide bonds. The van der Waals surface area contributed by atoms with Gasteiger partial charge < -0.3 is 15.7 Å². The molecule has 1 aromatic rings. The average molecular weight is 285 g/mol. The lowest BCUT2D eigenvalue weighted by atomic mass is 9.84. The van der Waals surface area contributed by atoms with Crippen LogP contribution in [0.5, 0.6) is 0 Å².